The largest absolute Gasteiger partial charge is 0.289 e. The first-order chi connectivity index (χ1) is 9.33. The fourth-order valence-electron chi connectivity index (χ4n) is 2.67. The van der Waals surface area contributed by atoms with Gasteiger partial charge in [0.25, 0.3) is 0 Å². The molecule has 98 valence electrons. The Morgan fingerprint density at radius 3 is 2.47 bits per heavy atom. The minimum atomic E-state index is 0.330. The number of Topliss-reactive ketones (excluding diaryl/α,β-unsaturated/α-hetero) is 1. The standard InChI is InChI=1S/C17H19OS/c18-17(13-19-10-4-1-5-11-19)16-9-8-14-6-2-3-7-15(14)12-16/h2-3,6-9,12H,1,4-5,10-11,13H2/q+1. The number of fused-ring (bicyclic) bond motifs is 1. The van der Waals surface area contributed by atoms with E-state index in [0.717, 1.165) is 11.3 Å². The van der Waals surface area contributed by atoms with Crippen molar-refractivity contribution >= 4 is 27.5 Å². The number of benzene rings is 2. The van der Waals surface area contributed by atoms with Crippen molar-refractivity contribution in [3.8, 4) is 0 Å². The van der Waals surface area contributed by atoms with E-state index >= 15 is 0 Å². The van der Waals surface area contributed by atoms with Gasteiger partial charge >= 0.3 is 0 Å². The zero-order valence-corrected chi connectivity index (χ0v) is 11.9. The van der Waals surface area contributed by atoms with Crippen molar-refractivity contribution in [2.45, 2.75) is 19.3 Å². The SMILES string of the molecule is O=C(C[S+]1CCCCC1)c1ccc2ccccc2c1. The van der Waals surface area contributed by atoms with E-state index in [1.54, 1.807) is 0 Å². The Morgan fingerprint density at radius 1 is 0.947 bits per heavy atom. The van der Waals surface area contributed by atoms with E-state index in [2.05, 4.69) is 18.2 Å². The van der Waals surface area contributed by atoms with Crippen LogP contribution in [0.5, 0.6) is 0 Å². The number of carbonyl (C=O) groups is 1. The predicted molar refractivity (Wildman–Crippen MR) is 84.1 cm³/mol. The van der Waals surface area contributed by atoms with Gasteiger partial charge in [0.2, 0.25) is 5.78 Å². The molecule has 2 aromatic rings. The second-order valence-corrected chi connectivity index (χ2v) is 7.54. The summed E-state index contributed by atoms with van der Waals surface area (Å²) in [5, 5.41) is 2.37. The first-order valence-corrected chi connectivity index (χ1v) is 8.72. The van der Waals surface area contributed by atoms with Crippen LogP contribution in [0.1, 0.15) is 29.6 Å². The molecule has 1 aliphatic heterocycles. The number of carbonyl (C=O) groups excluding carboxylic acids is 1. The second kappa shape index (κ2) is 5.79. The first kappa shape index (κ1) is 12.7. The first-order valence-electron chi connectivity index (χ1n) is 6.99. The Kier molecular flexibility index (Phi) is 3.88. The lowest BCUT2D eigenvalue weighted by Crippen LogP contribution is -2.25. The number of hydrogen-bond acceptors (Lipinski definition) is 1. The summed E-state index contributed by atoms with van der Waals surface area (Å²) in [4.78, 5) is 12.4. The van der Waals surface area contributed by atoms with Gasteiger partial charge < -0.3 is 0 Å². The maximum absolute atomic E-state index is 12.4. The summed E-state index contributed by atoms with van der Waals surface area (Å²) in [6.07, 6.45) is 3.98. The van der Waals surface area contributed by atoms with Gasteiger partial charge in [-0.2, -0.15) is 0 Å². The molecule has 2 heteroatoms. The highest BCUT2D eigenvalue weighted by atomic mass is 32.2. The molecule has 1 heterocycles. The molecule has 0 atom stereocenters. The van der Waals surface area contributed by atoms with E-state index in [4.69, 9.17) is 0 Å². The molecule has 0 radical (unpaired) electrons. The maximum Gasteiger partial charge on any atom is 0.211 e. The van der Waals surface area contributed by atoms with E-state index in [9.17, 15) is 4.79 Å². The monoisotopic (exact) mass is 271 g/mol. The van der Waals surface area contributed by atoms with Gasteiger partial charge in [-0.15, -0.1) is 0 Å². The molecule has 0 saturated carbocycles. The molecule has 0 unspecified atom stereocenters. The average Bonchev–Trinajstić information content (AvgIpc) is 2.48. The van der Waals surface area contributed by atoms with E-state index < -0.39 is 0 Å². The average molecular weight is 271 g/mol. The van der Waals surface area contributed by atoms with E-state index in [1.807, 2.05) is 24.3 Å². The molecule has 0 spiro atoms. The molecule has 1 aliphatic rings. The minimum absolute atomic E-state index is 0.330. The lowest BCUT2D eigenvalue weighted by atomic mass is 10.1. The summed E-state index contributed by atoms with van der Waals surface area (Å²) in [5.74, 6) is 3.62. The Hall–Kier alpha value is -1.28. The molecule has 1 nitrogen and oxygen atoms in total. The van der Waals surface area contributed by atoms with Crippen molar-refractivity contribution in [2.75, 3.05) is 17.3 Å². The van der Waals surface area contributed by atoms with E-state index in [0.29, 0.717) is 16.7 Å². The van der Waals surface area contributed by atoms with Crippen LogP contribution in [0.4, 0.5) is 0 Å². The molecule has 0 N–H and O–H groups in total. The molecule has 1 saturated heterocycles. The third-order valence-corrected chi connectivity index (χ3v) is 6.18. The molecule has 0 bridgehead atoms. The Balaban J connectivity index is 1.77. The normalized spacial score (nSPS) is 16.6. The quantitative estimate of drug-likeness (QED) is 0.612. The second-order valence-electron chi connectivity index (χ2n) is 5.21. The van der Waals surface area contributed by atoms with E-state index in [-0.39, 0.29) is 0 Å². The molecule has 19 heavy (non-hydrogen) atoms. The van der Waals surface area contributed by atoms with Gasteiger partial charge in [-0.05, 0) is 47.0 Å². The smallest absolute Gasteiger partial charge is 0.211 e. The van der Waals surface area contributed by atoms with Crippen LogP contribution in [0, 0.1) is 0 Å². The van der Waals surface area contributed by atoms with Crippen molar-refractivity contribution < 1.29 is 4.79 Å². The minimum Gasteiger partial charge on any atom is -0.289 e. The van der Waals surface area contributed by atoms with Crippen molar-refractivity contribution in [1.82, 2.24) is 0 Å². The molecule has 3 rings (SSSR count). The van der Waals surface area contributed by atoms with Crippen molar-refractivity contribution in [3.05, 3.63) is 48.0 Å². The third-order valence-electron chi connectivity index (χ3n) is 3.77. The lowest BCUT2D eigenvalue weighted by molar-refractivity contribution is 0.102. The van der Waals surface area contributed by atoms with Gasteiger partial charge in [0, 0.05) is 5.56 Å². The molecule has 1 fully saturated rings. The third kappa shape index (κ3) is 3.01. The van der Waals surface area contributed by atoms with E-state index in [1.165, 1.54) is 41.5 Å². The van der Waals surface area contributed by atoms with Crippen LogP contribution in [0.3, 0.4) is 0 Å². The molecule has 0 aromatic heterocycles. The van der Waals surface area contributed by atoms with Crippen molar-refractivity contribution in [2.24, 2.45) is 0 Å². The number of rotatable bonds is 3. The van der Waals surface area contributed by atoms with Crippen LogP contribution < -0.4 is 0 Å². The summed E-state index contributed by atoms with van der Waals surface area (Å²) in [5.41, 5.74) is 0.886. The topological polar surface area (TPSA) is 17.1 Å². The highest BCUT2D eigenvalue weighted by Gasteiger charge is 2.25. The van der Waals surface area contributed by atoms with Crippen LogP contribution in [0.15, 0.2) is 42.5 Å². The zero-order valence-electron chi connectivity index (χ0n) is 11.1. The summed E-state index contributed by atoms with van der Waals surface area (Å²) in [6, 6.07) is 14.3. The van der Waals surface area contributed by atoms with Gasteiger partial charge in [0.1, 0.15) is 11.5 Å². The van der Waals surface area contributed by atoms with Gasteiger partial charge in [0.15, 0.2) is 5.75 Å². The summed E-state index contributed by atoms with van der Waals surface area (Å²) < 4.78 is 0. The molecular weight excluding hydrogens is 252 g/mol. The summed E-state index contributed by atoms with van der Waals surface area (Å²) in [6.45, 7) is 0. The highest BCUT2D eigenvalue weighted by molar-refractivity contribution is 7.97. The Labute approximate surface area is 117 Å². The fraction of sp³-hybridized carbons (Fsp3) is 0.353. The van der Waals surface area contributed by atoms with Crippen LogP contribution in [-0.2, 0) is 10.9 Å². The van der Waals surface area contributed by atoms with Crippen molar-refractivity contribution in [3.63, 3.8) is 0 Å². The van der Waals surface area contributed by atoms with Crippen LogP contribution in [0.2, 0.25) is 0 Å². The lowest BCUT2D eigenvalue weighted by Gasteiger charge is -2.13. The molecular formula is C17H19OS+. The van der Waals surface area contributed by atoms with Gasteiger partial charge in [-0.3, -0.25) is 4.79 Å². The molecule has 2 aromatic carbocycles. The maximum atomic E-state index is 12.4. The zero-order chi connectivity index (χ0) is 13.1. The van der Waals surface area contributed by atoms with Crippen LogP contribution in [-0.4, -0.2) is 23.0 Å². The van der Waals surface area contributed by atoms with Crippen LogP contribution in [0.25, 0.3) is 10.8 Å². The number of ketones is 1. The summed E-state index contributed by atoms with van der Waals surface area (Å²) >= 11 is 0. The van der Waals surface area contributed by atoms with Gasteiger partial charge in [-0.25, -0.2) is 0 Å². The van der Waals surface area contributed by atoms with Crippen molar-refractivity contribution in [1.29, 1.82) is 0 Å². The summed E-state index contributed by atoms with van der Waals surface area (Å²) in [7, 11) is 0.342. The molecule has 0 aliphatic carbocycles. The Bertz CT molecular complexity index is 585. The van der Waals surface area contributed by atoms with Gasteiger partial charge in [0.05, 0.1) is 0 Å². The van der Waals surface area contributed by atoms with Gasteiger partial charge in [-0.1, -0.05) is 36.4 Å². The highest BCUT2D eigenvalue weighted by Crippen LogP contribution is 2.19. The Morgan fingerprint density at radius 2 is 1.68 bits per heavy atom. The fourth-order valence-corrected chi connectivity index (χ4v) is 4.92. The molecule has 0 amide bonds. The number of hydrogen-bond donors (Lipinski definition) is 0. The van der Waals surface area contributed by atoms with Crippen LogP contribution >= 0.6 is 0 Å². The predicted octanol–water partition coefficient (Wildman–Crippen LogP) is 3.82.